The fourth-order valence-corrected chi connectivity index (χ4v) is 8.54. The molecule has 0 heterocycles. The number of hydrogen-bond donors (Lipinski definition) is 1. The highest BCUT2D eigenvalue weighted by atomic mass is 32.2. The van der Waals surface area contributed by atoms with Crippen molar-refractivity contribution in [2.75, 3.05) is 5.75 Å². The predicted octanol–water partition coefficient (Wildman–Crippen LogP) is 7.01. The molecule has 2 aliphatic carbocycles. The number of thiol groups is 1. The molecule has 0 N–H and O–H groups in total. The van der Waals surface area contributed by atoms with Gasteiger partial charge in [0.05, 0.1) is 0 Å². The van der Waals surface area contributed by atoms with E-state index in [2.05, 4.69) is 6.92 Å². The van der Waals surface area contributed by atoms with Crippen LogP contribution in [0.15, 0.2) is 0 Å². The molecule has 2 rings (SSSR count). The Labute approximate surface area is 137 Å². The summed E-state index contributed by atoms with van der Waals surface area (Å²) in [6.45, 7) is 2.32. The minimum Gasteiger partial charge on any atom is -0.248 e. The molecule has 0 aliphatic heterocycles. The molecule has 0 aromatic heterocycles. The van der Waals surface area contributed by atoms with Crippen LogP contribution in [0.4, 0.5) is 0 Å². The topological polar surface area (TPSA) is 0 Å². The third kappa shape index (κ3) is 6.55. The van der Waals surface area contributed by atoms with Gasteiger partial charge in [-0.3, -0.25) is 0 Å². The molecule has 0 amide bonds. The summed E-state index contributed by atoms with van der Waals surface area (Å²) in [7, 11) is 0.379. The van der Waals surface area contributed by atoms with Gasteiger partial charge in [-0.25, -0.2) is 10.9 Å². The van der Waals surface area contributed by atoms with Crippen LogP contribution in [-0.2, 0) is 0 Å². The Balaban J connectivity index is 1.74. The van der Waals surface area contributed by atoms with E-state index in [1.54, 1.807) is 63.5 Å². The Morgan fingerprint density at radius 1 is 0.619 bits per heavy atom. The molecule has 0 saturated heterocycles. The zero-order valence-corrected chi connectivity index (χ0v) is 15.5. The molecule has 0 nitrogen and oxygen atoms in total. The van der Waals surface area contributed by atoms with Crippen molar-refractivity contribution in [3.05, 3.63) is 0 Å². The van der Waals surface area contributed by atoms with Crippen molar-refractivity contribution in [3.63, 3.8) is 0 Å². The van der Waals surface area contributed by atoms with Crippen LogP contribution < -0.4 is 0 Å². The number of rotatable bonds is 9. The fourth-order valence-electron chi connectivity index (χ4n) is 4.56. The van der Waals surface area contributed by atoms with E-state index in [0.29, 0.717) is 10.9 Å². The molecule has 1 heteroatoms. The lowest BCUT2D eigenvalue weighted by atomic mass is 10.00. The summed E-state index contributed by atoms with van der Waals surface area (Å²) in [5, 5.41) is 2.35. The Hall–Kier alpha value is 0.350. The van der Waals surface area contributed by atoms with E-state index in [4.69, 9.17) is 0 Å². The van der Waals surface area contributed by atoms with Crippen LogP contribution in [-0.4, -0.2) is 16.3 Å². The van der Waals surface area contributed by atoms with E-state index in [1.807, 2.05) is 0 Å². The van der Waals surface area contributed by atoms with Gasteiger partial charge in [-0.15, -0.1) is 0 Å². The van der Waals surface area contributed by atoms with Gasteiger partial charge in [0.25, 0.3) is 0 Å². The first-order valence-corrected chi connectivity index (χ1v) is 11.8. The molecule has 2 saturated carbocycles. The van der Waals surface area contributed by atoms with E-state index in [-0.39, 0.29) is 0 Å². The summed E-state index contributed by atoms with van der Waals surface area (Å²) in [5.41, 5.74) is 0. The van der Waals surface area contributed by atoms with Gasteiger partial charge in [0.1, 0.15) is 0 Å². The fraction of sp³-hybridized carbons (Fsp3) is 1.00. The maximum absolute atomic E-state index is 2.32. The van der Waals surface area contributed by atoms with E-state index < -0.39 is 0 Å². The Bertz CT molecular complexity index is 220. The molecule has 2 aliphatic rings. The van der Waals surface area contributed by atoms with Gasteiger partial charge >= 0.3 is 0 Å². The molecule has 0 aromatic carbocycles. The van der Waals surface area contributed by atoms with Gasteiger partial charge in [0, 0.05) is 0 Å². The zero-order chi connectivity index (χ0) is 14.8. The monoisotopic (exact) mass is 312 g/mol. The lowest BCUT2D eigenvalue weighted by Gasteiger charge is -2.41. The second kappa shape index (κ2) is 11.0. The zero-order valence-electron chi connectivity index (χ0n) is 14.6. The van der Waals surface area contributed by atoms with Gasteiger partial charge in [-0.2, -0.15) is 0 Å². The maximum atomic E-state index is 2.32. The first kappa shape index (κ1) is 17.7. The third-order valence-electron chi connectivity index (χ3n) is 5.86. The lowest BCUT2D eigenvalue weighted by molar-refractivity contribution is 0.489. The van der Waals surface area contributed by atoms with Crippen molar-refractivity contribution >= 4 is 10.9 Å². The van der Waals surface area contributed by atoms with Gasteiger partial charge in [0.15, 0.2) is 0 Å². The first-order valence-electron chi connectivity index (χ1n) is 10.2. The van der Waals surface area contributed by atoms with Crippen molar-refractivity contribution in [2.24, 2.45) is 0 Å². The van der Waals surface area contributed by atoms with E-state index in [1.165, 1.54) is 55.4 Å². The van der Waals surface area contributed by atoms with Gasteiger partial charge in [-0.1, -0.05) is 77.6 Å². The van der Waals surface area contributed by atoms with Gasteiger partial charge in [-0.05, 0) is 48.4 Å². The average Bonchev–Trinajstić information content (AvgIpc) is 2.56. The van der Waals surface area contributed by atoms with Crippen LogP contribution in [0.1, 0.15) is 110 Å². The van der Waals surface area contributed by atoms with Crippen LogP contribution in [0.25, 0.3) is 0 Å². The third-order valence-corrected chi connectivity index (χ3v) is 9.60. The molecular weight excluding hydrogens is 272 g/mol. The standard InChI is InChI=1S/C20H40S/c1-2-3-4-5-6-13-18-21(19-14-9-7-10-15-19)20-16-11-8-12-17-20/h19-21H,2-18H2,1H3. The van der Waals surface area contributed by atoms with Crippen LogP contribution >= 0.6 is 10.9 Å². The van der Waals surface area contributed by atoms with Crippen LogP contribution in [0.3, 0.4) is 0 Å². The van der Waals surface area contributed by atoms with Crippen LogP contribution in [0.5, 0.6) is 0 Å². The molecule has 2 fully saturated rings. The molecule has 126 valence electrons. The van der Waals surface area contributed by atoms with Gasteiger partial charge < -0.3 is 0 Å². The van der Waals surface area contributed by atoms with Crippen LogP contribution in [0.2, 0.25) is 0 Å². The Kier molecular flexibility index (Phi) is 9.25. The van der Waals surface area contributed by atoms with Crippen molar-refractivity contribution in [1.82, 2.24) is 0 Å². The van der Waals surface area contributed by atoms with Crippen molar-refractivity contribution in [2.45, 2.75) is 120 Å². The second-order valence-electron chi connectivity index (χ2n) is 7.59. The second-order valence-corrected chi connectivity index (χ2v) is 10.5. The normalized spacial score (nSPS) is 22.4. The molecule has 21 heavy (non-hydrogen) atoms. The summed E-state index contributed by atoms with van der Waals surface area (Å²) >= 11 is 0. The maximum Gasteiger partial charge on any atom is -0.0134 e. The molecule has 0 radical (unpaired) electrons. The SMILES string of the molecule is CCCCCCCC[SH](C1CCCCC1)C1CCCCC1. The largest absolute Gasteiger partial charge is 0.248 e. The Morgan fingerprint density at radius 3 is 1.62 bits per heavy atom. The molecule has 0 aromatic rings. The average molecular weight is 313 g/mol. The number of unbranched alkanes of at least 4 members (excludes halogenated alkanes) is 5. The number of hydrogen-bond acceptors (Lipinski definition) is 0. The molecule has 0 atom stereocenters. The van der Waals surface area contributed by atoms with Crippen molar-refractivity contribution < 1.29 is 0 Å². The Morgan fingerprint density at radius 2 is 1.10 bits per heavy atom. The highest BCUT2D eigenvalue weighted by Crippen LogP contribution is 2.49. The summed E-state index contributed by atoms with van der Waals surface area (Å²) in [6.07, 6.45) is 24.6. The minimum absolute atomic E-state index is 0.379. The quantitative estimate of drug-likeness (QED) is 0.343. The van der Waals surface area contributed by atoms with E-state index >= 15 is 0 Å². The highest BCUT2D eigenvalue weighted by Gasteiger charge is 2.27. The minimum atomic E-state index is 0.379. The molecular formula is C20H40S. The summed E-state index contributed by atoms with van der Waals surface area (Å²) < 4.78 is 0. The van der Waals surface area contributed by atoms with E-state index in [9.17, 15) is 0 Å². The first-order chi connectivity index (χ1) is 10.4. The predicted molar refractivity (Wildman–Crippen MR) is 101 cm³/mol. The van der Waals surface area contributed by atoms with Crippen molar-refractivity contribution in [3.8, 4) is 0 Å². The van der Waals surface area contributed by atoms with Gasteiger partial charge in [0.2, 0.25) is 0 Å². The molecule has 0 spiro atoms. The lowest BCUT2D eigenvalue weighted by Crippen LogP contribution is -2.25. The summed E-state index contributed by atoms with van der Waals surface area (Å²) in [6, 6.07) is 0. The summed E-state index contributed by atoms with van der Waals surface area (Å²) in [5.74, 6) is 1.64. The van der Waals surface area contributed by atoms with Crippen molar-refractivity contribution in [1.29, 1.82) is 0 Å². The molecule has 0 bridgehead atoms. The summed E-state index contributed by atoms with van der Waals surface area (Å²) in [4.78, 5) is 0. The highest BCUT2D eigenvalue weighted by molar-refractivity contribution is 8.18. The van der Waals surface area contributed by atoms with E-state index in [0.717, 1.165) is 0 Å². The molecule has 0 unspecified atom stereocenters. The smallest absolute Gasteiger partial charge is 0.0134 e. The van der Waals surface area contributed by atoms with Crippen LogP contribution in [0, 0.1) is 0 Å².